The van der Waals surface area contributed by atoms with E-state index in [0.717, 1.165) is 5.56 Å². The van der Waals surface area contributed by atoms with Crippen LogP contribution in [0, 0.1) is 6.92 Å². The smallest absolute Gasteiger partial charge is 0.255 e. The van der Waals surface area contributed by atoms with Gasteiger partial charge in [0.2, 0.25) is 0 Å². The molecule has 0 saturated carbocycles. The summed E-state index contributed by atoms with van der Waals surface area (Å²) in [5.41, 5.74) is 3.26. The van der Waals surface area contributed by atoms with E-state index in [1.807, 2.05) is 25.1 Å². The van der Waals surface area contributed by atoms with Gasteiger partial charge in [0.15, 0.2) is 0 Å². The molecule has 148 valence electrons. The van der Waals surface area contributed by atoms with Crippen molar-refractivity contribution in [3.63, 3.8) is 0 Å². The van der Waals surface area contributed by atoms with Gasteiger partial charge in [0, 0.05) is 28.6 Å². The molecular weight excluding hydrogens is 368 g/mol. The van der Waals surface area contributed by atoms with Crippen molar-refractivity contribution in [1.82, 2.24) is 0 Å². The molecule has 0 heterocycles. The molecule has 0 aliphatic rings. The van der Waals surface area contributed by atoms with Gasteiger partial charge in [0.25, 0.3) is 11.8 Å². The molecule has 3 rings (SSSR count). The molecule has 3 aromatic rings. The molecule has 0 aliphatic heterocycles. The molecular formula is C23H22N2O4. The van der Waals surface area contributed by atoms with Crippen LogP contribution in [0.5, 0.6) is 11.5 Å². The Balaban J connectivity index is 1.67. The van der Waals surface area contributed by atoms with Crippen LogP contribution in [-0.2, 0) is 0 Å². The van der Waals surface area contributed by atoms with Crippen LogP contribution in [0.3, 0.4) is 0 Å². The summed E-state index contributed by atoms with van der Waals surface area (Å²) in [7, 11) is 3.06. The van der Waals surface area contributed by atoms with E-state index < -0.39 is 0 Å². The second-order valence-corrected chi connectivity index (χ2v) is 6.46. The number of hydrogen-bond acceptors (Lipinski definition) is 4. The molecule has 0 saturated heterocycles. The summed E-state index contributed by atoms with van der Waals surface area (Å²) in [5, 5.41) is 5.66. The number of amides is 2. The van der Waals surface area contributed by atoms with Crippen molar-refractivity contribution in [3.05, 3.63) is 83.4 Å². The fourth-order valence-electron chi connectivity index (χ4n) is 2.77. The van der Waals surface area contributed by atoms with E-state index in [4.69, 9.17) is 9.47 Å². The molecule has 0 atom stereocenters. The number of carbonyl (C=O) groups excluding carboxylic acids is 2. The summed E-state index contributed by atoms with van der Waals surface area (Å²) in [6, 6.07) is 19.2. The van der Waals surface area contributed by atoms with Crippen molar-refractivity contribution < 1.29 is 19.1 Å². The number of carbonyl (C=O) groups is 2. The summed E-state index contributed by atoms with van der Waals surface area (Å²) in [4.78, 5) is 24.9. The van der Waals surface area contributed by atoms with Crippen LogP contribution in [0.2, 0.25) is 0 Å². The zero-order chi connectivity index (χ0) is 20.8. The lowest BCUT2D eigenvalue weighted by Crippen LogP contribution is -2.13. The van der Waals surface area contributed by atoms with Crippen LogP contribution in [0.25, 0.3) is 0 Å². The quantitative estimate of drug-likeness (QED) is 0.649. The van der Waals surface area contributed by atoms with E-state index in [1.54, 1.807) is 48.5 Å². The van der Waals surface area contributed by atoms with Crippen molar-refractivity contribution in [2.45, 2.75) is 6.92 Å². The number of ether oxygens (including phenoxy) is 2. The third kappa shape index (κ3) is 5.13. The summed E-state index contributed by atoms with van der Waals surface area (Å²) < 4.78 is 10.4. The highest BCUT2D eigenvalue weighted by Gasteiger charge is 2.11. The van der Waals surface area contributed by atoms with Crippen LogP contribution >= 0.6 is 0 Å². The Kier molecular flexibility index (Phi) is 6.14. The maximum atomic E-state index is 12.5. The second-order valence-electron chi connectivity index (χ2n) is 6.46. The molecule has 0 aliphatic carbocycles. The fraction of sp³-hybridized carbons (Fsp3) is 0.130. The highest BCUT2D eigenvalue weighted by Crippen LogP contribution is 2.23. The highest BCUT2D eigenvalue weighted by molar-refractivity contribution is 6.06. The van der Waals surface area contributed by atoms with Gasteiger partial charge in [-0.3, -0.25) is 9.59 Å². The first-order valence-corrected chi connectivity index (χ1v) is 9.01. The van der Waals surface area contributed by atoms with Gasteiger partial charge in [-0.1, -0.05) is 17.7 Å². The Hall–Kier alpha value is -3.80. The van der Waals surface area contributed by atoms with Crippen molar-refractivity contribution in [2.75, 3.05) is 24.9 Å². The third-order valence-electron chi connectivity index (χ3n) is 4.29. The standard InChI is InChI=1S/C23H22N2O4/c1-15-5-4-6-16(11-15)22(26)24-18-7-9-19(10-8-18)25-23(27)17-12-20(28-2)14-21(13-17)29-3/h4-14H,1-3H3,(H,24,26)(H,25,27). The number of methoxy groups -OCH3 is 2. The molecule has 0 fully saturated rings. The van der Waals surface area contributed by atoms with Gasteiger partial charge in [-0.25, -0.2) is 0 Å². The van der Waals surface area contributed by atoms with E-state index in [2.05, 4.69) is 10.6 Å². The Morgan fingerprint density at radius 2 is 1.21 bits per heavy atom. The average Bonchev–Trinajstić information content (AvgIpc) is 2.74. The molecule has 0 bridgehead atoms. The topological polar surface area (TPSA) is 76.7 Å². The van der Waals surface area contributed by atoms with Crippen LogP contribution in [0.4, 0.5) is 11.4 Å². The average molecular weight is 390 g/mol. The number of rotatable bonds is 6. The lowest BCUT2D eigenvalue weighted by Gasteiger charge is -2.10. The molecule has 2 N–H and O–H groups in total. The lowest BCUT2D eigenvalue weighted by molar-refractivity contribution is 0.101. The van der Waals surface area contributed by atoms with E-state index in [9.17, 15) is 9.59 Å². The number of benzene rings is 3. The van der Waals surface area contributed by atoms with Gasteiger partial charge in [0.05, 0.1) is 14.2 Å². The first-order chi connectivity index (χ1) is 14.0. The van der Waals surface area contributed by atoms with E-state index in [0.29, 0.717) is 34.0 Å². The summed E-state index contributed by atoms with van der Waals surface area (Å²) in [5.74, 6) is 0.583. The third-order valence-corrected chi connectivity index (χ3v) is 4.29. The van der Waals surface area contributed by atoms with Crippen LogP contribution in [0.15, 0.2) is 66.7 Å². The van der Waals surface area contributed by atoms with E-state index in [-0.39, 0.29) is 11.8 Å². The lowest BCUT2D eigenvalue weighted by atomic mass is 10.1. The van der Waals surface area contributed by atoms with Gasteiger partial charge in [-0.2, -0.15) is 0 Å². The monoisotopic (exact) mass is 390 g/mol. The van der Waals surface area contributed by atoms with Crippen LogP contribution in [-0.4, -0.2) is 26.0 Å². The van der Waals surface area contributed by atoms with Crippen molar-refractivity contribution >= 4 is 23.2 Å². The highest BCUT2D eigenvalue weighted by atomic mass is 16.5. The second kappa shape index (κ2) is 8.93. The Morgan fingerprint density at radius 3 is 1.69 bits per heavy atom. The van der Waals surface area contributed by atoms with Gasteiger partial charge in [0.1, 0.15) is 11.5 Å². The Bertz CT molecular complexity index is 1010. The van der Waals surface area contributed by atoms with Crippen molar-refractivity contribution in [1.29, 1.82) is 0 Å². The van der Waals surface area contributed by atoms with Crippen molar-refractivity contribution in [3.8, 4) is 11.5 Å². The molecule has 6 nitrogen and oxygen atoms in total. The molecule has 0 radical (unpaired) electrons. The maximum absolute atomic E-state index is 12.5. The molecule has 2 amide bonds. The molecule has 0 spiro atoms. The van der Waals surface area contributed by atoms with Crippen LogP contribution < -0.4 is 20.1 Å². The van der Waals surface area contributed by atoms with Gasteiger partial charge in [-0.15, -0.1) is 0 Å². The first kappa shape index (κ1) is 19.9. The largest absolute Gasteiger partial charge is 0.497 e. The van der Waals surface area contributed by atoms with Gasteiger partial charge >= 0.3 is 0 Å². The van der Waals surface area contributed by atoms with E-state index in [1.165, 1.54) is 14.2 Å². The minimum Gasteiger partial charge on any atom is -0.497 e. The van der Waals surface area contributed by atoms with Crippen molar-refractivity contribution in [2.24, 2.45) is 0 Å². The maximum Gasteiger partial charge on any atom is 0.255 e. The number of aryl methyl sites for hydroxylation is 1. The fourth-order valence-corrected chi connectivity index (χ4v) is 2.77. The molecule has 0 aromatic heterocycles. The zero-order valence-corrected chi connectivity index (χ0v) is 16.5. The number of hydrogen-bond donors (Lipinski definition) is 2. The predicted molar refractivity (Wildman–Crippen MR) is 113 cm³/mol. The SMILES string of the molecule is COc1cc(OC)cc(C(=O)Nc2ccc(NC(=O)c3cccc(C)c3)cc2)c1. The normalized spacial score (nSPS) is 10.2. The first-order valence-electron chi connectivity index (χ1n) is 9.01. The van der Waals surface area contributed by atoms with Gasteiger partial charge < -0.3 is 20.1 Å². The van der Waals surface area contributed by atoms with Gasteiger partial charge in [-0.05, 0) is 55.5 Å². The van der Waals surface area contributed by atoms with Crippen LogP contribution in [0.1, 0.15) is 26.3 Å². The predicted octanol–water partition coefficient (Wildman–Crippen LogP) is 4.52. The summed E-state index contributed by atoms with van der Waals surface area (Å²) in [6.07, 6.45) is 0. The molecule has 0 unspecified atom stereocenters. The number of nitrogens with one attached hydrogen (secondary N) is 2. The zero-order valence-electron chi connectivity index (χ0n) is 16.5. The van der Waals surface area contributed by atoms with E-state index >= 15 is 0 Å². The molecule has 3 aromatic carbocycles. The Morgan fingerprint density at radius 1 is 0.690 bits per heavy atom. The minimum atomic E-state index is -0.293. The number of anilines is 2. The Labute approximate surface area is 169 Å². The summed E-state index contributed by atoms with van der Waals surface area (Å²) >= 11 is 0. The molecule has 6 heteroatoms. The minimum absolute atomic E-state index is 0.186. The molecule has 29 heavy (non-hydrogen) atoms. The summed E-state index contributed by atoms with van der Waals surface area (Å²) in [6.45, 7) is 1.94.